The minimum Gasteiger partial charge on any atom is -0.373 e. The molecule has 0 radical (unpaired) electrons. The van der Waals surface area contributed by atoms with Crippen LogP contribution in [-0.2, 0) is 4.84 Å². The van der Waals surface area contributed by atoms with E-state index in [-0.39, 0.29) is 11.3 Å². The fourth-order valence-electron chi connectivity index (χ4n) is 2.76. The molecular formula is C11H19NO3. The molecule has 1 aliphatic carbocycles. The van der Waals surface area contributed by atoms with Gasteiger partial charge < -0.3 is 9.94 Å². The van der Waals surface area contributed by atoms with Crippen LogP contribution in [0.4, 0.5) is 0 Å². The molecule has 1 heterocycles. The highest BCUT2D eigenvalue weighted by molar-refractivity contribution is 5.83. The van der Waals surface area contributed by atoms with Crippen LogP contribution in [0, 0.1) is 16.5 Å². The van der Waals surface area contributed by atoms with Gasteiger partial charge >= 0.3 is 0 Å². The lowest BCUT2D eigenvalue weighted by atomic mass is 9.64. The Bertz CT molecular complexity index is 311. The van der Waals surface area contributed by atoms with E-state index in [2.05, 4.69) is 13.8 Å². The second kappa shape index (κ2) is 3.11. The molecule has 2 unspecified atom stereocenters. The van der Waals surface area contributed by atoms with Crippen molar-refractivity contribution >= 4 is 5.71 Å². The van der Waals surface area contributed by atoms with Crippen molar-refractivity contribution in [2.24, 2.45) is 11.3 Å². The van der Waals surface area contributed by atoms with Crippen LogP contribution < -0.4 is 0 Å². The van der Waals surface area contributed by atoms with E-state index in [0.717, 1.165) is 12.1 Å². The Kier molecular flexibility index (Phi) is 2.23. The molecule has 4 nitrogen and oxygen atoms in total. The molecule has 0 amide bonds. The largest absolute Gasteiger partial charge is 0.373 e. The van der Waals surface area contributed by atoms with Crippen molar-refractivity contribution in [1.29, 1.82) is 0 Å². The van der Waals surface area contributed by atoms with Gasteiger partial charge in [0.05, 0.1) is 5.92 Å². The Labute approximate surface area is 90.1 Å². The molecule has 0 aromatic carbocycles. The molecular weight excluding hydrogens is 194 g/mol. The van der Waals surface area contributed by atoms with Crippen LogP contribution in [0.2, 0.25) is 0 Å². The first kappa shape index (κ1) is 10.7. The molecule has 0 spiro atoms. The predicted molar refractivity (Wildman–Crippen MR) is 56.1 cm³/mol. The van der Waals surface area contributed by atoms with Crippen LogP contribution in [-0.4, -0.2) is 21.5 Å². The zero-order chi connectivity index (χ0) is 11.3. The molecule has 15 heavy (non-hydrogen) atoms. The van der Waals surface area contributed by atoms with Gasteiger partial charge in [0.25, 0.3) is 0 Å². The van der Waals surface area contributed by atoms with Crippen molar-refractivity contribution < 1.29 is 14.8 Å². The molecule has 0 saturated heterocycles. The SMILES string of the molecule is CCC1=[N+]([O-])OC2(O)CCC(C)(C)C1C2. The summed E-state index contributed by atoms with van der Waals surface area (Å²) in [5.41, 5.74) is 0.855. The molecule has 0 aromatic heterocycles. The van der Waals surface area contributed by atoms with Gasteiger partial charge in [-0.05, 0) is 18.3 Å². The molecule has 1 aliphatic heterocycles. The molecule has 86 valence electrons. The first-order valence-electron chi connectivity index (χ1n) is 5.62. The lowest BCUT2D eigenvalue weighted by Crippen LogP contribution is -2.54. The van der Waals surface area contributed by atoms with Gasteiger partial charge in [-0.3, -0.25) is 5.21 Å². The van der Waals surface area contributed by atoms with Crippen molar-refractivity contribution in [3.63, 3.8) is 0 Å². The average molecular weight is 213 g/mol. The number of rotatable bonds is 1. The minimum absolute atomic E-state index is 0.0873. The number of nitrogens with zero attached hydrogens (tertiary/aromatic N) is 1. The summed E-state index contributed by atoms with van der Waals surface area (Å²) in [6.07, 6.45) is 2.69. The third-order valence-electron chi connectivity index (χ3n) is 3.88. The highest BCUT2D eigenvalue weighted by Crippen LogP contribution is 2.48. The molecule has 2 atom stereocenters. The third kappa shape index (κ3) is 1.61. The van der Waals surface area contributed by atoms with Gasteiger partial charge in [0.15, 0.2) is 5.79 Å². The molecule has 2 rings (SSSR count). The Morgan fingerprint density at radius 1 is 1.53 bits per heavy atom. The Hall–Kier alpha value is -0.770. The van der Waals surface area contributed by atoms with Gasteiger partial charge in [0.2, 0.25) is 5.71 Å². The van der Waals surface area contributed by atoms with E-state index in [4.69, 9.17) is 4.84 Å². The fraction of sp³-hybridized carbons (Fsp3) is 0.909. The topological polar surface area (TPSA) is 55.5 Å². The molecule has 0 aromatic rings. The number of hydrogen-bond donors (Lipinski definition) is 1. The maximum Gasteiger partial charge on any atom is 0.225 e. The molecule has 1 N–H and O–H groups in total. The summed E-state index contributed by atoms with van der Waals surface area (Å²) in [4.78, 5) is 5.59. The van der Waals surface area contributed by atoms with Gasteiger partial charge in [-0.1, -0.05) is 20.8 Å². The first-order valence-corrected chi connectivity index (χ1v) is 5.62. The number of hydrogen-bond acceptors (Lipinski definition) is 3. The van der Waals surface area contributed by atoms with Crippen LogP contribution in [0.15, 0.2) is 0 Å². The van der Waals surface area contributed by atoms with Crippen LogP contribution in [0.5, 0.6) is 0 Å². The Morgan fingerprint density at radius 2 is 2.20 bits per heavy atom. The summed E-state index contributed by atoms with van der Waals surface area (Å²) in [5, 5.41) is 21.7. The highest BCUT2D eigenvalue weighted by atomic mass is 16.9. The number of fused-ring (bicyclic) bond motifs is 2. The van der Waals surface area contributed by atoms with Crippen molar-refractivity contribution in [1.82, 2.24) is 0 Å². The summed E-state index contributed by atoms with van der Waals surface area (Å²) in [7, 11) is 0. The molecule has 1 fully saturated rings. The van der Waals surface area contributed by atoms with Crippen molar-refractivity contribution in [2.45, 2.75) is 52.2 Å². The number of aliphatic hydroxyl groups is 1. The maximum atomic E-state index is 11.6. The fourth-order valence-corrected chi connectivity index (χ4v) is 2.76. The molecule has 1 saturated carbocycles. The zero-order valence-corrected chi connectivity index (χ0v) is 9.62. The van der Waals surface area contributed by atoms with Gasteiger partial charge in [0, 0.05) is 17.7 Å². The third-order valence-corrected chi connectivity index (χ3v) is 3.88. The van der Waals surface area contributed by atoms with E-state index in [1.165, 1.54) is 0 Å². The van der Waals surface area contributed by atoms with Gasteiger partial charge in [-0.25, -0.2) is 0 Å². The summed E-state index contributed by atoms with van der Waals surface area (Å²) < 4.78 is 0. The van der Waals surface area contributed by atoms with E-state index in [9.17, 15) is 10.3 Å². The van der Waals surface area contributed by atoms with E-state index in [1.807, 2.05) is 6.92 Å². The standard InChI is InChI=1S/C11H19NO3/c1-4-9-8-7-11(13,15-12(9)14)6-5-10(8,2)3/h8,13H,4-7H2,1-3H3. The smallest absolute Gasteiger partial charge is 0.225 e. The quantitative estimate of drug-likeness (QED) is 0.676. The Balaban J connectivity index is 2.41. The molecule has 2 aliphatic rings. The summed E-state index contributed by atoms with van der Waals surface area (Å²) >= 11 is 0. The first-order chi connectivity index (χ1) is 6.88. The van der Waals surface area contributed by atoms with Crippen LogP contribution in [0.25, 0.3) is 0 Å². The van der Waals surface area contributed by atoms with Crippen molar-refractivity contribution in [2.75, 3.05) is 0 Å². The van der Waals surface area contributed by atoms with Gasteiger partial charge in [-0.2, -0.15) is 0 Å². The van der Waals surface area contributed by atoms with E-state index >= 15 is 0 Å². The maximum absolute atomic E-state index is 11.6. The predicted octanol–water partition coefficient (Wildman–Crippen LogP) is 1.81. The lowest BCUT2D eigenvalue weighted by molar-refractivity contribution is -0.792. The minimum atomic E-state index is -1.22. The van der Waals surface area contributed by atoms with E-state index in [1.54, 1.807) is 0 Å². The van der Waals surface area contributed by atoms with Crippen molar-refractivity contribution in [3.05, 3.63) is 5.21 Å². The molecule has 2 bridgehead atoms. The second-order valence-corrected chi connectivity index (χ2v) is 5.38. The lowest BCUT2D eigenvalue weighted by Gasteiger charge is -2.48. The normalized spacial score (nSPS) is 38.8. The monoisotopic (exact) mass is 213 g/mol. The van der Waals surface area contributed by atoms with Gasteiger partial charge in [0.1, 0.15) is 0 Å². The van der Waals surface area contributed by atoms with Crippen LogP contribution in [0.3, 0.4) is 0 Å². The van der Waals surface area contributed by atoms with Crippen LogP contribution >= 0.6 is 0 Å². The Morgan fingerprint density at radius 3 is 2.80 bits per heavy atom. The summed E-state index contributed by atoms with van der Waals surface area (Å²) in [5.74, 6) is -1.08. The second-order valence-electron chi connectivity index (χ2n) is 5.38. The van der Waals surface area contributed by atoms with Crippen LogP contribution in [0.1, 0.15) is 46.5 Å². The average Bonchev–Trinajstić information content (AvgIpc) is 2.13. The highest BCUT2D eigenvalue weighted by Gasteiger charge is 2.51. The van der Waals surface area contributed by atoms with Crippen molar-refractivity contribution in [3.8, 4) is 0 Å². The van der Waals surface area contributed by atoms with E-state index in [0.29, 0.717) is 24.2 Å². The molecule has 4 heteroatoms. The summed E-state index contributed by atoms with van der Waals surface area (Å²) in [6.45, 7) is 6.27. The van der Waals surface area contributed by atoms with E-state index < -0.39 is 5.79 Å². The van der Waals surface area contributed by atoms with Gasteiger partial charge in [-0.15, -0.1) is 0 Å². The summed E-state index contributed by atoms with van der Waals surface area (Å²) in [6, 6.07) is 0. The zero-order valence-electron chi connectivity index (χ0n) is 9.62.